The molecule has 1 unspecified atom stereocenters. The van der Waals surface area contributed by atoms with Crippen molar-refractivity contribution in [2.75, 3.05) is 0 Å². The Morgan fingerprint density at radius 3 is 2.10 bits per heavy atom. The van der Waals surface area contributed by atoms with E-state index in [0.29, 0.717) is 5.69 Å². The van der Waals surface area contributed by atoms with E-state index in [2.05, 4.69) is 9.97 Å². The van der Waals surface area contributed by atoms with E-state index in [0.717, 1.165) is 0 Å². The Bertz CT molecular complexity index is 497. The van der Waals surface area contributed by atoms with Crippen LogP contribution in [0.4, 0.5) is 0 Å². The van der Waals surface area contributed by atoms with Gasteiger partial charge in [-0.3, -0.25) is 4.79 Å². The van der Waals surface area contributed by atoms with Gasteiger partial charge in [-0.05, 0) is 0 Å². The van der Waals surface area contributed by atoms with Crippen LogP contribution in [0.1, 0.15) is 5.69 Å². The number of hydrogen-bond acceptors (Lipinski definition) is 4. The number of carboxylic acid groups (broad SMARTS) is 1. The van der Waals surface area contributed by atoms with Gasteiger partial charge in [0.1, 0.15) is 6.04 Å². The Hall–Kier alpha value is -1.10. The molecule has 8 N–H and O–H groups in total. The molecule has 1 heterocycles. The highest BCUT2D eigenvalue weighted by atomic mass is 31.2. The van der Waals surface area contributed by atoms with Crippen LogP contribution in [0, 0.1) is 0 Å². The minimum atomic E-state index is -4.64. The summed E-state index contributed by atoms with van der Waals surface area (Å²) in [5.74, 6) is -1.34. The van der Waals surface area contributed by atoms with Gasteiger partial charge in [0.15, 0.2) is 0 Å². The van der Waals surface area contributed by atoms with Crippen LogP contribution in [0.5, 0.6) is 0 Å². The minimum Gasteiger partial charge on any atom is -0.480 e. The number of carbonyl (C=O) groups is 1. The van der Waals surface area contributed by atoms with E-state index < -0.39 is 27.6 Å². The quantitative estimate of drug-likeness (QED) is 0.280. The number of carboxylic acids is 1. The predicted octanol–water partition coefficient (Wildman–Crippen LogP) is -1.84. The number of rotatable bonds is 5. The van der Waals surface area contributed by atoms with E-state index in [9.17, 15) is 9.36 Å². The van der Waals surface area contributed by atoms with Crippen LogP contribution in [0.15, 0.2) is 12.5 Å². The fraction of sp³-hybridized carbons (Fsp3) is 0.333. The van der Waals surface area contributed by atoms with Crippen LogP contribution in [-0.2, 0) is 20.3 Å². The second kappa shape index (κ2) is 7.62. The Morgan fingerprint density at radius 2 is 1.80 bits per heavy atom. The Labute approximate surface area is 112 Å². The average Bonchev–Trinajstić information content (AvgIpc) is 2.64. The molecule has 14 heteroatoms. The number of nitrogens with one attached hydrogen (secondary N) is 2. The van der Waals surface area contributed by atoms with E-state index in [1.54, 1.807) is 5.09 Å². The summed E-state index contributed by atoms with van der Waals surface area (Å²) in [6, 6.07) is -1.36. The zero-order valence-electron chi connectivity index (χ0n) is 9.69. The monoisotopic (exact) mass is 333 g/mol. The molecule has 0 aliphatic heterocycles. The summed E-state index contributed by atoms with van der Waals surface area (Å²) in [6.45, 7) is 0. The lowest BCUT2D eigenvalue weighted by Crippen LogP contribution is -2.36. The highest BCUT2D eigenvalue weighted by Crippen LogP contribution is 2.29. The molecule has 0 fully saturated rings. The van der Waals surface area contributed by atoms with Gasteiger partial charge < -0.3 is 34.6 Å². The van der Waals surface area contributed by atoms with Crippen LogP contribution in [0.3, 0.4) is 0 Å². The minimum absolute atomic E-state index is 0.0829. The first-order valence-corrected chi connectivity index (χ1v) is 7.88. The molecular formula is C6H13N3O9P2. The van der Waals surface area contributed by atoms with E-state index in [-0.39, 0.29) is 6.42 Å². The molecule has 1 aromatic heterocycles. The third-order valence-corrected chi connectivity index (χ3v) is 2.25. The summed E-state index contributed by atoms with van der Waals surface area (Å²) < 4.78 is 19.5. The molecule has 0 radical (unpaired) electrons. The van der Waals surface area contributed by atoms with E-state index in [1.165, 1.54) is 12.5 Å². The van der Waals surface area contributed by atoms with Gasteiger partial charge >= 0.3 is 21.5 Å². The molecule has 1 atom stereocenters. The maximum absolute atomic E-state index is 10.7. The lowest BCUT2D eigenvalue weighted by Gasteiger charge is -2.13. The molecule has 1 aromatic rings. The van der Waals surface area contributed by atoms with E-state index in [1.807, 2.05) is 0 Å². The van der Waals surface area contributed by atoms with Crippen molar-refractivity contribution in [1.29, 1.82) is 0 Å². The zero-order chi connectivity index (χ0) is 16.0. The van der Waals surface area contributed by atoms with Gasteiger partial charge in [-0.25, -0.2) is 19.2 Å². The number of nitrogens with zero attached hydrogens (tertiary/aromatic N) is 1. The second-order valence-electron chi connectivity index (χ2n) is 3.36. The van der Waals surface area contributed by atoms with Gasteiger partial charge in [0, 0.05) is 18.3 Å². The Kier molecular flexibility index (Phi) is 7.20. The van der Waals surface area contributed by atoms with Crippen molar-refractivity contribution in [2.24, 2.45) is 0 Å². The van der Waals surface area contributed by atoms with Gasteiger partial charge in [-0.2, -0.15) is 0 Å². The van der Waals surface area contributed by atoms with Crippen LogP contribution in [-0.4, -0.2) is 51.6 Å². The van der Waals surface area contributed by atoms with Gasteiger partial charge in [-0.1, -0.05) is 0 Å². The molecule has 0 bridgehead atoms. The molecule has 0 aliphatic carbocycles. The van der Waals surface area contributed by atoms with Crippen molar-refractivity contribution < 1.29 is 43.5 Å². The molecule has 0 spiro atoms. The van der Waals surface area contributed by atoms with Gasteiger partial charge in [-0.15, -0.1) is 0 Å². The maximum Gasteiger partial charge on any atom is 0.466 e. The maximum atomic E-state index is 10.7. The summed E-state index contributed by atoms with van der Waals surface area (Å²) in [5, 5.41) is 10.4. The second-order valence-corrected chi connectivity index (χ2v) is 5.73. The molecule has 116 valence electrons. The zero-order valence-corrected chi connectivity index (χ0v) is 11.5. The molecule has 0 aromatic carbocycles. The summed E-state index contributed by atoms with van der Waals surface area (Å²) in [5.41, 5.74) is 0.475. The van der Waals surface area contributed by atoms with Gasteiger partial charge in [0.25, 0.3) is 0 Å². The molecule has 1 rings (SSSR count). The first-order valence-electron chi connectivity index (χ1n) is 4.70. The van der Waals surface area contributed by atoms with Crippen LogP contribution in [0.25, 0.3) is 0 Å². The fourth-order valence-electron chi connectivity index (χ4n) is 1.01. The summed E-state index contributed by atoms with van der Waals surface area (Å²) in [7, 11) is -9.20. The third-order valence-electron chi connectivity index (χ3n) is 1.60. The number of aromatic amines is 1. The molecule has 12 nitrogen and oxygen atoms in total. The predicted molar refractivity (Wildman–Crippen MR) is 63.2 cm³/mol. The van der Waals surface area contributed by atoms with Crippen molar-refractivity contribution >= 4 is 21.5 Å². The standard InChI is InChI=1S/C6H10N3O5P.H3O4P/c10-6(11)5(9-15(12,13)14)1-4-2-7-3-8-4;1-5(2,3)4/h2-3,5H,1H2,(H,7,8)(H,10,11)(H3,9,12,13,14);(H3,1,2,3,4). The molecule has 20 heavy (non-hydrogen) atoms. The lowest BCUT2D eigenvalue weighted by molar-refractivity contribution is -0.139. The number of hydrogen-bond donors (Lipinski definition) is 8. The number of aliphatic carboxylic acids is 1. The highest BCUT2D eigenvalue weighted by Gasteiger charge is 2.26. The van der Waals surface area contributed by atoms with Crippen molar-refractivity contribution in [3.63, 3.8) is 0 Å². The average molecular weight is 333 g/mol. The largest absolute Gasteiger partial charge is 0.480 e. The van der Waals surface area contributed by atoms with E-state index >= 15 is 0 Å². The first kappa shape index (κ1) is 18.9. The number of aromatic nitrogens is 2. The Balaban J connectivity index is 0.000000621. The van der Waals surface area contributed by atoms with Crippen molar-refractivity contribution in [2.45, 2.75) is 12.5 Å². The lowest BCUT2D eigenvalue weighted by atomic mass is 10.2. The SMILES string of the molecule is O=C(O)C(Cc1cnc[nH]1)NP(=O)(O)O.O=P(O)(O)O. The van der Waals surface area contributed by atoms with Crippen molar-refractivity contribution in [3.8, 4) is 0 Å². The normalized spacial score (nSPS) is 13.2. The Morgan fingerprint density at radius 1 is 1.30 bits per heavy atom. The fourth-order valence-corrected chi connectivity index (χ4v) is 1.62. The summed E-state index contributed by atoms with van der Waals surface area (Å²) in [4.78, 5) is 55.7. The van der Waals surface area contributed by atoms with Crippen molar-refractivity contribution in [1.82, 2.24) is 15.1 Å². The molecule has 0 saturated heterocycles. The highest BCUT2D eigenvalue weighted by molar-refractivity contribution is 7.49. The number of imidazole rings is 1. The number of phosphoric acid groups is 1. The van der Waals surface area contributed by atoms with Gasteiger partial charge in [0.2, 0.25) is 0 Å². The summed E-state index contributed by atoms with van der Waals surface area (Å²) in [6.07, 6.45) is 2.66. The van der Waals surface area contributed by atoms with Crippen LogP contribution < -0.4 is 5.09 Å². The smallest absolute Gasteiger partial charge is 0.466 e. The van der Waals surface area contributed by atoms with E-state index in [4.69, 9.17) is 34.1 Å². The molecule has 0 aliphatic rings. The first-order chi connectivity index (χ1) is 8.88. The molecular weight excluding hydrogens is 320 g/mol. The molecule has 0 saturated carbocycles. The summed E-state index contributed by atoms with van der Waals surface area (Å²) >= 11 is 0. The van der Waals surface area contributed by atoms with Gasteiger partial charge in [0.05, 0.1) is 6.33 Å². The third kappa shape index (κ3) is 12.0. The van der Waals surface area contributed by atoms with Crippen LogP contribution in [0.2, 0.25) is 0 Å². The number of H-pyrrole nitrogens is 1. The topological polar surface area (TPSA) is 213 Å². The van der Waals surface area contributed by atoms with Crippen molar-refractivity contribution in [3.05, 3.63) is 18.2 Å². The van der Waals surface area contributed by atoms with Crippen LogP contribution >= 0.6 is 15.6 Å². The molecule has 0 amide bonds.